The predicted octanol–water partition coefficient (Wildman–Crippen LogP) is 5.35. The first-order chi connectivity index (χ1) is 17.0. The number of anilines is 1. The Kier molecular flexibility index (Phi) is 7.73. The number of carbonyl (C=O) groups excluding carboxylic acids is 2. The van der Waals surface area contributed by atoms with E-state index < -0.39 is 0 Å². The Labute approximate surface area is 206 Å². The maximum absolute atomic E-state index is 13.1. The molecule has 6 heteroatoms. The number of amides is 2. The Hall–Kier alpha value is -4.19. The fourth-order valence-corrected chi connectivity index (χ4v) is 3.92. The van der Waals surface area contributed by atoms with Gasteiger partial charge >= 0.3 is 0 Å². The van der Waals surface area contributed by atoms with Crippen molar-refractivity contribution in [3.05, 3.63) is 103 Å². The van der Waals surface area contributed by atoms with Gasteiger partial charge < -0.3 is 10.2 Å². The lowest BCUT2D eigenvalue weighted by Gasteiger charge is -2.26. The monoisotopic (exact) mass is 466 g/mol. The largest absolute Gasteiger partial charge is 0.331 e. The van der Waals surface area contributed by atoms with Gasteiger partial charge in [0.15, 0.2) is 0 Å². The zero-order chi connectivity index (χ0) is 24.6. The first-order valence-electron chi connectivity index (χ1n) is 11.9. The lowest BCUT2D eigenvalue weighted by atomic mass is 10.1. The molecule has 1 N–H and O–H groups in total. The quantitative estimate of drug-likeness (QED) is 0.362. The van der Waals surface area contributed by atoms with E-state index in [1.54, 1.807) is 9.58 Å². The van der Waals surface area contributed by atoms with Crippen molar-refractivity contribution < 1.29 is 9.59 Å². The topological polar surface area (TPSA) is 67.2 Å². The number of carbonyl (C=O) groups is 2. The van der Waals surface area contributed by atoms with E-state index in [-0.39, 0.29) is 24.4 Å². The number of nitrogens with zero attached hydrogens (tertiary/aromatic N) is 3. The smallest absolute Gasteiger partial charge is 0.245 e. The Morgan fingerprint density at radius 2 is 1.49 bits per heavy atom. The summed E-state index contributed by atoms with van der Waals surface area (Å²) in [6.45, 7) is 3.83. The Bertz CT molecular complexity index is 1250. The fraction of sp³-hybridized carbons (Fsp3) is 0.207. The molecule has 2 amide bonds. The van der Waals surface area contributed by atoms with Crippen LogP contribution in [0.2, 0.25) is 0 Å². The molecule has 178 valence electrons. The van der Waals surface area contributed by atoms with Gasteiger partial charge in [-0.15, -0.1) is 0 Å². The summed E-state index contributed by atoms with van der Waals surface area (Å²) in [5.41, 5.74) is 3.65. The molecule has 0 unspecified atom stereocenters. The van der Waals surface area contributed by atoms with Gasteiger partial charge in [-0.1, -0.05) is 78.9 Å². The summed E-state index contributed by atoms with van der Waals surface area (Å²) in [6, 6.07) is 31.2. The molecular formula is C29H30N4O2. The van der Waals surface area contributed by atoms with Gasteiger partial charge in [-0.3, -0.25) is 9.59 Å². The van der Waals surface area contributed by atoms with Crippen LogP contribution in [0.1, 0.15) is 25.8 Å². The lowest BCUT2D eigenvalue weighted by molar-refractivity contribution is -0.136. The van der Waals surface area contributed by atoms with Gasteiger partial charge in [0.25, 0.3) is 0 Å². The van der Waals surface area contributed by atoms with Crippen LogP contribution in [0.4, 0.5) is 5.82 Å². The minimum absolute atomic E-state index is 0.0219. The van der Waals surface area contributed by atoms with Crippen molar-refractivity contribution in [2.24, 2.45) is 0 Å². The van der Waals surface area contributed by atoms with E-state index in [0.717, 1.165) is 22.5 Å². The van der Waals surface area contributed by atoms with Crippen molar-refractivity contribution in [1.29, 1.82) is 0 Å². The number of aryl methyl sites for hydroxylation is 1. The van der Waals surface area contributed by atoms with E-state index in [1.165, 1.54) is 0 Å². The standard InChI is InChI=1S/C29H30N4O2/c1-22(2)32(29(35)19-18-23-12-6-3-7-13-23)21-28(34)30-27-20-26(24-14-8-4-9-15-24)31-33(27)25-16-10-5-11-17-25/h3-17,20,22H,18-19,21H2,1-2H3,(H,30,34). The van der Waals surface area contributed by atoms with Crippen LogP contribution in [-0.4, -0.2) is 39.1 Å². The molecular weight excluding hydrogens is 436 g/mol. The zero-order valence-corrected chi connectivity index (χ0v) is 20.1. The van der Waals surface area contributed by atoms with Crippen molar-refractivity contribution >= 4 is 17.6 Å². The molecule has 0 saturated carbocycles. The molecule has 0 aliphatic heterocycles. The molecule has 0 bridgehead atoms. The summed E-state index contributed by atoms with van der Waals surface area (Å²) < 4.78 is 1.72. The van der Waals surface area contributed by atoms with Gasteiger partial charge in [0, 0.05) is 24.1 Å². The van der Waals surface area contributed by atoms with Crippen LogP contribution in [0.25, 0.3) is 16.9 Å². The highest BCUT2D eigenvalue weighted by Crippen LogP contribution is 2.24. The summed E-state index contributed by atoms with van der Waals surface area (Å²) >= 11 is 0. The molecule has 0 aliphatic carbocycles. The van der Waals surface area contributed by atoms with Crippen LogP contribution >= 0.6 is 0 Å². The number of benzene rings is 3. The predicted molar refractivity (Wildman–Crippen MR) is 139 cm³/mol. The Morgan fingerprint density at radius 3 is 2.11 bits per heavy atom. The number of aromatic nitrogens is 2. The van der Waals surface area contributed by atoms with E-state index >= 15 is 0 Å². The van der Waals surface area contributed by atoms with Crippen LogP contribution in [-0.2, 0) is 16.0 Å². The lowest BCUT2D eigenvalue weighted by Crippen LogP contribution is -2.42. The molecule has 6 nitrogen and oxygen atoms in total. The highest BCUT2D eigenvalue weighted by molar-refractivity contribution is 5.94. The molecule has 0 saturated heterocycles. The van der Waals surface area contributed by atoms with Crippen molar-refractivity contribution in [3.63, 3.8) is 0 Å². The fourth-order valence-electron chi connectivity index (χ4n) is 3.92. The number of hydrogen-bond donors (Lipinski definition) is 1. The molecule has 0 aliphatic rings. The molecule has 0 atom stereocenters. The summed E-state index contributed by atoms with van der Waals surface area (Å²) in [5.74, 6) is 0.254. The van der Waals surface area contributed by atoms with E-state index in [0.29, 0.717) is 18.7 Å². The highest BCUT2D eigenvalue weighted by Gasteiger charge is 2.21. The molecule has 0 radical (unpaired) electrons. The van der Waals surface area contributed by atoms with Crippen molar-refractivity contribution in [2.75, 3.05) is 11.9 Å². The number of nitrogens with one attached hydrogen (secondary N) is 1. The highest BCUT2D eigenvalue weighted by atomic mass is 16.2. The second-order valence-electron chi connectivity index (χ2n) is 8.68. The molecule has 3 aromatic carbocycles. The third-order valence-corrected chi connectivity index (χ3v) is 5.78. The van der Waals surface area contributed by atoms with Crippen molar-refractivity contribution in [1.82, 2.24) is 14.7 Å². The third kappa shape index (κ3) is 6.23. The third-order valence-electron chi connectivity index (χ3n) is 5.78. The van der Waals surface area contributed by atoms with E-state index in [1.807, 2.05) is 111 Å². The number of para-hydroxylation sites is 1. The van der Waals surface area contributed by atoms with Gasteiger partial charge in [-0.25, -0.2) is 4.68 Å². The maximum Gasteiger partial charge on any atom is 0.245 e. The normalized spacial score (nSPS) is 10.8. The summed E-state index contributed by atoms with van der Waals surface area (Å²) in [4.78, 5) is 27.7. The van der Waals surface area contributed by atoms with Crippen LogP contribution < -0.4 is 5.32 Å². The molecule has 4 rings (SSSR count). The summed E-state index contributed by atoms with van der Waals surface area (Å²) in [5, 5.41) is 7.72. The molecule has 35 heavy (non-hydrogen) atoms. The SMILES string of the molecule is CC(C)N(CC(=O)Nc1cc(-c2ccccc2)nn1-c1ccccc1)C(=O)CCc1ccccc1. The van der Waals surface area contributed by atoms with Gasteiger partial charge in [0.2, 0.25) is 11.8 Å². The minimum atomic E-state index is -0.261. The summed E-state index contributed by atoms with van der Waals surface area (Å²) in [7, 11) is 0. The second-order valence-corrected chi connectivity index (χ2v) is 8.68. The van der Waals surface area contributed by atoms with Gasteiger partial charge in [0.1, 0.15) is 12.4 Å². The zero-order valence-electron chi connectivity index (χ0n) is 20.1. The van der Waals surface area contributed by atoms with Crippen LogP contribution in [0.3, 0.4) is 0 Å². The number of rotatable bonds is 9. The second kappa shape index (κ2) is 11.3. The van der Waals surface area contributed by atoms with Crippen molar-refractivity contribution in [2.45, 2.75) is 32.7 Å². The van der Waals surface area contributed by atoms with Crippen LogP contribution in [0.5, 0.6) is 0 Å². The molecule has 1 heterocycles. The van der Waals surface area contributed by atoms with E-state index in [9.17, 15) is 9.59 Å². The van der Waals surface area contributed by atoms with Crippen molar-refractivity contribution in [3.8, 4) is 16.9 Å². The number of hydrogen-bond acceptors (Lipinski definition) is 3. The first-order valence-corrected chi connectivity index (χ1v) is 11.9. The average molecular weight is 467 g/mol. The maximum atomic E-state index is 13.1. The van der Waals surface area contributed by atoms with Gasteiger partial charge in [0.05, 0.1) is 11.4 Å². The molecule has 1 aromatic heterocycles. The Morgan fingerprint density at radius 1 is 0.886 bits per heavy atom. The van der Waals surface area contributed by atoms with Crippen LogP contribution in [0, 0.1) is 0 Å². The van der Waals surface area contributed by atoms with Gasteiger partial charge in [-0.2, -0.15) is 5.10 Å². The molecule has 0 spiro atoms. The summed E-state index contributed by atoms with van der Waals surface area (Å²) in [6.07, 6.45) is 1.00. The van der Waals surface area contributed by atoms with Gasteiger partial charge in [-0.05, 0) is 38.0 Å². The van der Waals surface area contributed by atoms with E-state index in [4.69, 9.17) is 5.10 Å². The van der Waals surface area contributed by atoms with E-state index in [2.05, 4.69) is 5.32 Å². The molecule has 4 aromatic rings. The average Bonchev–Trinajstić information content (AvgIpc) is 3.31. The molecule has 0 fully saturated rings. The minimum Gasteiger partial charge on any atom is -0.331 e. The Balaban J connectivity index is 1.50. The van der Waals surface area contributed by atoms with Crippen LogP contribution in [0.15, 0.2) is 97.1 Å². The first kappa shape index (κ1) is 24.0.